The van der Waals surface area contributed by atoms with Crippen molar-refractivity contribution in [3.05, 3.63) is 54.1 Å². The Kier molecular flexibility index (Phi) is 8.73. The van der Waals surface area contributed by atoms with E-state index in [9.17, 15) is 14.4 Å². The number of nitrogens with one attached hydrogen (secondary N) is 3. The van der Waals surface area contributed by atoms with Gasteiger partial charge < -0.3 is 30.3 Å². The number of amides is 4. The highest BCUT2D eigenvalue weighted by atomic mass is 16.5. The molecule has 34 heavy (non-hydrogen) atoms. The van der Waals surface area contributed by atoms with E-state index in [1.54, 1.807) is 31.3 Å². The van der Waals surface area contributed by atoms with Gasteiger partial charge in [-0.15, -0.1) is 0 Å². The maximum atomic E-state index is 12.9. The predicted octanol–water partition coefficient (Wildman–Crippen LogP) is 2.56. The molecule has 3 N–H and O–H groups in total. The minimum atomic E-state index is -0.683. The van der Waals surface area contributed by atoms with Gasteiger partial charge in [-0.25, -0.2) is 4.79 Å². The van der Waals surface area contributed by atoms with Crippen LogP contribution in [-0.4, -0.2) is 62.1 Å². The van der Waals surface area contributed by atoms with Crippen molar-refractivity contribution in [3.63, 3.8) is 0 Å². The summed E-state index contributed by atoms with van der Waals surface area (Å²) in [6.07, 6.45) is 1.62. The molecule has 0 bridgehead atoms. The largest absolute Gasteiger partial charge is 0.497 e. The van der Waals surface area contributed by atoms with Crippen molar-refractivity contribution in [1.82, 2.24) is 15.5 Å². The lowest BCUT2D eigenvalue weighted by Crippen LogP contribution is -2.53. The highest BCUT2D eigenvalue weighted by Crippen LogP contribution is 2.24. The summed E-state index contributed by atoms with van der Waals surface area (Å²) in [7, 11) is 3.15. The highest BCUT2D eigenvalue weighted by Gasteiger charge is 2.27. The number of anilines is 1. The lowest BCUT2D eigenvalue weighted by molar-refractivity contribution is -0.128. The lowest BCUT2D eigenvalue weighted by atomic mass is 10.0. The van der Waals surface area contributed by atoms with Gasteiger partial charge >= 0.3 is 6.03 Å². The first kappa shape index (κ1) is 24.9. The maximum absolute atomic E-state index is 12.9. The zero-order valence-electron chi connectivity index (χ0n) is 19.8. The first-order chi connectivity index (χ1) is 16.4. The molecule has 0 aliphatic carbocycles. The van der Waals surface area contributed by atoms with E-state index in [1.165, 1.54) is 6.92 Å². The first-order valence-corrected chi connectivity index (χ1v) is 11.3. The van der Waals surface area contributed by atoms with Crippen molar-refractivity contribution < 1.29 is 23.9 Å². The molecule has 9 nitrogen and oxygen atoms in total. The summed E-state index contributed by atoms with van der Waals surface area (Å²) in [5.41, 5.74) is 1.53. The number of benzene rings is 2. The van der Waals surface area contributed by atoms with Gasteiger partial charge in [-0.05, 0) is 42.7 Å². The van der Waals surface area contributed by atoms with Gasteiger partial charge in [0.25, 0.3) is 0 Å². The number of carbonyl (C=O) groups is 3. The number of likely N-dealkylation sites (tertiary alicyclic amines) is 1. The van der Waals surface area contributed by atoms with Crippen molar-refractivity contribution in [2.24, 2.45) is 0 Å². The van der Waals surface area contributed by atoms with Crippen LogP contribution in [0.3, 0.4) is 0 Å². The van der Waals surface area contributed by atoms with Gasteiger partial charge in [0.2, 0.25) is 11.8 Å². The third-order valence-electron chi connectivity index (χ3n) is 5.77. The molecule has 9 heteroatoms. The molecule has 0 spiro atoms. The Bertz CT molecular complexity index is 987. The third-order valence-corrected chi connectivity index (χ3v) is 5.77. The highest BCUT2D eigenvalue weighted by molar-refractivity contribution is 5.91. The zero-order chi connectivity index (χ0) is 24.5. The van der Waals surface area contributed by atoms with E-state index in [0.717, 1.165) is 11.3 Å². The second-order valence-electron chi connectivity index (χ2n) is 8.21. The number of rotatable bonds is 8. The minimum absolute atomic E-state index is 0.0741. The van der Waals surface area contributed by atoms with Crippen molar-refractivity contribution in [3.8, 4) is 11.5 Å². The van der Waals surface area contributed by atoms with Crippen LogP contribution in [0, 0.1) is 0 Å². The maximum Gasteiger partial charge on any atom is 0.321 e. The topological polar surface area (TPSA) is 109 Å². The molecule has 182 valence electrons. The third kappa shape index (κ3) is 6.87. The number of hydrogen-bond acceptors (Lipinski definition) is 5. The average Bonchev–Trinajstić information content (AvgIpc) is 2.84. The fraction of sp³-hybridized carbons (Fsp3) is 0.400. The average molecular weight is 469 g/mol. The van der Waals surface area contributed by atoms with E-state index >= 15 is 0 Å². The molecule has 1 aliphatic rings. The van der Waals surface area contributed by atoms with E-state index in [1.807, 2.05) is 36.4 Å². The summed E-state index contributed by atoms with van der Waals surface area (Å²) in [4.78, 5) is 39.0. The summed E-state index contributed by atoms with van der Waals surface area (Å²) in [5.74, 6) is 0.823. The van der Waals surface area contributed by atoms with Crippen LogP contribution in [-0.2, 0) is 16.0 Å². The number of methoxy groups -OCH3 is 2. The Morgan fingerprint density at radius 1 is 1.00 bits per heavy atom. The molecule has 0 unspecified atom stereocenters. The summed E-state index contributed by atoms with van der Waals surface area (Å²) >= 11 is 0. The van der Waals surface area contributed by atoms with Crippen LogP contribution >= 0.6 is 0 Å². The molecule has 1 atom stereocenters. The molecule has 4 amide bonds. The quantitative estimate of drug-likeness (QED) is 0.552. The van der Waals surface area contributed by atoms with Gasteiger partial charge in [-0.2, -0.15) is 0 Å². The normalized spacial score (nSPS) is 14.6. The number of nitrogens with zero attached hydrogens (tertiary/aromatic N) is 1. The van der Waals surface area contributed by atoms with E-state index in [4.69, 9.17) is 9.47 Å². The van der Waals surface area contributed by atoms with Crippen LogP contribution in [0.4, 0.5) is 10.5 Å². The molecular weight excluding hydrogens is 436 g/mol. The van der Waals surface area contributed by atoms with Crippen LogP contribution in [0.5, 0.6) is 11.5 Å². The molecule has 1 fully saturated rings. The number of hydrogen-bond donors (Lipinski definition) is 3. The Morgan fingerprint density at radius 3 is 2.29 bits per heavy atom. The second-order valence-corrected chi connectivity index (χ2v) is 8.21. The van der Waals surface area contributed by atoms with Crippen LogP contribution in [0.2, 0.25) is 0 Å². The fourth-order valence-electron chi connectivity index (χ4n) is 3.92. The Labute approximate surface area is 199 Å². The Morgan fingerprint density at radius 2 is 1.68 bits per heavy atom. The molecule has 0 aromatic heterocycles. The zero-order valence-corrected chi connectivity index (χ0v) is 19.8. The van der Waals surface area contributed by atoms with Crippen LogP contribution in [0.1, 0.15) is 25.3 Å². The van der Waals surface area contributed by atoms with Gasteiger partial charge in [0.15, 0.2) is 0 Å². The number of para-hydroxylation sites is 2. The molecular formula is C25H32N4O5. The summed E-state index contributed by atoms with van der Waals surface area (Å²) in [6, 6.07) is 13.7. The number of ether oxygens (including phenoxy) is 2. The number of carbonyl (C=O) groups excluding carboxylic acids is 3. The molecule has 2 aromatic rings. The molecule has 0 radical (unpaired) electrons. The Hall–Kier alpha value is -3.75. The van der Waals surface area contributed by atoms with Crippen LogP contribution in [0.15, 0.2) is 48.5 Å². The number of urea groups is 1. The smallest absolute Gasteiger partial charge is 0.321 e. The van der Waals surface area contributed by atoms with Crippen molar-refractivity contribution in [2.75, 3.05) is 32.6 Å². The molecule has 2 aromatic carbocycles. The van der Waals surface area contributed by atoms with E-state index < -0.39 is 6.04 Å². The van der Waals surface area contributed by atoms with Crippen molar-refractivity contribution in [2.45, 2.75) is 38.3 Å². The molecule has 1 aliphatic heterocycles. The lowest BCUT2D eigenvalue weighted by Gasteiger charge is -2.33. The van der Waals surface area contributed by atoms with Crippen LogP contribution < -0.4 is 25.4 Å². The standard InChI is InChI=1S/C25H32N4O5/c1-17(30)26-22(16-18-8-10-20(33-2)11-9-18)24(31)27-19-12-14-29(15-13-19)25(32)28-21-6-4-5-7-23(21)34-3/h4-11,19,22H,12-16H2,1-3H3,(H,26,30)(H,27,31)(H,28,32)/t22-/m0/s1. The predicted molar refractivity (Wildman–Crippen MR) is 129 cm³/mol. The number of piperidine rings is 1. The Balaban J connectivity index is 1.52. The van der Waals surface area contributed by atoms with Gasteiger partial charge in [-0.3, -0.25) is 9.59 Å². The molecule has 3 rings (SSSR count). The summed E-state index contributed by atoms with van der Waals surface area (Å²) < 4.78 is 10.5. The fourth-order valence-corrected chi connectivity index (χ4v) is 3.92. The van der Waals surface area contributed by atoms with Gasteiger partial charge in [0, 0.05) is 32.5 Å². The van der Waals surface area contributed by atoms with E-state index in [0.29, 0.717) is 43.8 Å². The molecule has 1 saturated heterocycles. The van der Waals surface area contributed by atoms with E-state index in [-0.39, 0.29) is 23.9 Å². The van der Waals surface area contributed by atoms with Gasteiger partial charge in [0.05, 0.1) is 19.9 Å². The summed E-state index contributed by atoms with van der Waals surface area (Å²) in [6.45, 7) is 2.41. The summed E-state index contributed by atoms with van der Waals surface area (Å²) in [5, 5.41) is 8.66. The van der Waals surface area contributed by atoms with Crippen LogP contribution in [0.25, 0.3) is 0 Å². The monoisotopic (exact) mass is 468 g/mol. The van der Waals surface area contributed by atoms with Crippen molar-refractivity contribution >= 4 is 23.5 Å². The molecule has 1 heterocycles. The van der Waals surface area contributed by atoms with Gasteiger partial charge in [-0.1, -0.05) is 24.3 Å². The van der Waals surface area contributed by atoms with Gasteiger partial charge in [0.1, 0.15) is 17.5 Å². The van der Waals surface area contributed by atoms with Crippen molar-refractivity contribution in [1.29, 1.82) is 0 Å². The molecule has 0 saturated carbocycles. The first-order valence-electron chi connectivity index (χ1n) is 11.3. The SMILES string of the molecule is COc1ccc(C[C@H](NC(C)=O)C(=O)NC2CCN(C(=O)Nc3ccccc3OC)CC2)cc1. The minimum Gasteiger partial charge on any atom is -0.497 e. The van der Waals surface area contributed by atoms with E-state index in [2.05, 4.69) is 16.0 Å². The second kappa shape index (κ2) is 11.9.